The van der Waals surface area contributed by atoms with Gasteiger partial charge in [-0.2, -0.15) is 0 Å². The summed E-state index contributed by atoms with van der Waals surface area (Å²) in [5.41, 5.74) is 1.20. The van der Waals surface area contributed by atoms with E-state index in [1.54, 1.807) is 0 Å². The van der Waals surface area contributed by atoms with Crippen LogP contribution < -0.4 is 0 Å². The molecule has 0 saturated carbocycles. The molecule has 0 bridgehead atoms. The number of rotatable bonds is 1. The zero-order valence-electron chi connectivity index (χ0n) is 4.91. The molecule has 0 nitrogen and oxygen atoms in total. The third-order valence-electron chi connectivity index (χ3n) is 0.794. The Balaban J connectivity index is 4.04. The molecule has 0 aromatic rings. The number of allylic oxidation sites excluding steroid dienone is 3. The number of halogens is 2. The Bertz CT molecular complexity index is 106. The first-order valence-electron chi connectivity index (χ1n) is 2.31. The predicted octanol–water partition coefficient (Wildman–Crippen LogP) is 3.58. The van der Waals surface area contributed by atoms with Crippen molar-refractivity contribution in [2.45, 2.75) is 13.8 Å². The summed E-state index contributed by atoms with van der Waals surface area (Å²) in [6, 6.07) is 0. The van der Waals surface area contributed by atoms with Crippen molar-refractivity contribution in [2.24, 2.45) is 0 Å². The van der Waals surface area contributed by atoms with Gasteiger partial charge in [-0.05, 0) is 24.4 Å². The lowest BCUT2D eigenvalue weighted by Crippen LogP contribution is -1.68. The van der Waals surface area contributed by atoms with E-state index in [-0.39, 0.29) is 0 Å². The molecule has 2 heteroatoms. The van der Waals surface area contributed by atoms with Gasteiger partial charge in [0.25, 0.3) is 0 Å². The van der Waals surface area contributed by atoms with E-state index in [0.717, 1.165) is 4.48 Å². The molecule has 0 atom stereocenters. The minimum Gasteiger partial charge on any atom is -0.0731 e. The van der Waals surface area contributed by atoms with Crippen molar-refractivity contribution in [3.63, 3.8) is 0 Å². The molecule has 0 amide bonds. The van der Waals surface area contributed by atoms with E-state index < -0.39 is 0 Å². The third-order valence-corrected chi connectivity index (χ3v) is 2.56. The van der Waals surface area contributed by atoms with E-state index in [1.807, 2.05) is 24.9 Å². The zero-order chi connectivity index (χ0) is 6.57. The fourth-order valence-corrected chi connectivity index (χ4v) is 0.948. The maximum absolute atomic E-state index is 3.37. The van der Waals surface area contributed by atoms with Gasteiger partial charge in [-0.1, -0.05) is 37.9 Å². The van der Waals surface area contributed by atoms with Crippen molar-refractivity contribution >= 4 is 31.9 Å². The van der Waals surface area contributed by atoms with E-state index in [0.29, 0.717) is 0 Å². The first-order valence-corrected chi connectivity index (χ1v) is 4.02. The Morgan fingerprint density at radius 1 is 1.50 bits per heavy atom. The molecule has 46 valence electrons. The van der Waals surface area contributed by atoms with Crippen LogP contribution in [0.25, 0.3) is 0 Å². The smallest absolute Gasteiger partial charge is 0.0167 e. The lowest BCUT2D eigenvalue weighted by atomic mass is 10.3. The highest BCUT2D eigenvalue weighted by molar-refractivity contribution is 9.12. The second-order valence-corrected chi connectivity index (χ2v) is 2.74. The molecule has 0 spiro atoms. The summed E-state index contributed by atoms with van der Waals surface area (Å²) in [6.07, 6.45) is 2.01. The minimum absolute atomic E-state index is 1.13. The molecule has 8 heavy (non-hydrogen) atoms. The molecule has 0 radical (unpaired) electrons. The highest BCUT2D eigenvalue weighted by Gasteiger charge is 1.88. The van der Waals surface area contributed by atoms with Gasteiger partial charge in [0.2, 0.25) is 0 Å². The third kappa shape index (κ3) is 2.68. The minimum atomic E-state index is 1.13. The predicted molar refractivity (Wildman–Crippen MR) is 45.4 cm³/mol. The van der Waals surface area contributed by atoms with Gasteiger partial charge in [0.15, 0.2) is 0 Å². The summed E-state index contributed by atoms with van der Waals surface area (Å²) >= 11 is 6.59. The fraction of sp³-hybridized carbons (Fsp3) is 0.333. The first kappa shape index (κ1) is 8.44. The van der Waals surface area contributed by atoms with Gasteiger partial charge in [-0.3, -0.25) is 0 Å². The molecule has 0 fully saturated rings. The maximum Gasteiger partial charge on any atom is 0.0167 e. The molecule has 0 aliphatic carbocycles. The van der Waals surface area contributed by atoms with Crippen molar-refractivity contribution in [3.05, 3.63) is 21.1 Å². The van der Waals surface area contributed by atoms with Crippen LogP contribution in [-0.4, -0.2) is 0 Å². The Morgan fingerprint density at radius 3 is 2.12 bits per heavy atom. The van der Waals surface area contributed by atoms with Crippen molar-refractivity contribution in [1.82, 2.24) is 0 Å². The Labute approximate surface area is 66.9 Å². The van der Waals surface area contributed by atoms with E-state index in [1.165, 1.54) is 5.57 Å². The van der Waals surface area contributed by atoms with E-state index in [9.17, 15) is 0 Å². The molecule has 0 rings (SSSR count). The van der Waals surface area contributed by atoms with Crippen molar-refractivity contribution in [3.8, 4) is 0 Å². The zero-order valence-corrected chi connectivity index (χ0v) is 8.08. The summed E-state index contributed by atoms with van der Waals surface area (Å²) in [5, 5.41) is 0. The van der Waals surface area contributed by atoms with Gasteiger partial charge in [0, 0.05) is 4.48 Å². The van der Waals surface area contributed by atoms with Gasteiger partial charge < -0.3 is 0 Å². The van der Waals surface area contributed by atoms with Crippen LogP contribution in [0.15, 0.2) is 21.1 Å². The summed E-state index contributed by atoms with van der Waals surface area (Å²) in [4.78, 5) is 1.89. The van der Waals surface area contributed by atoms with Gasteiger partial charge in [0.1, 0.15) is 0 Å². The molecule has 0 aromatic carbocycles. The number of hydrogen-bond donors (Lipinski definition) is 0. The van der Waals surface area contributed by atoms with Crippen LogP contribution in [0.5, 0.6) is 0 Å². The molecule has 0 aromatic heterocycles. The summed E-state index contributed by atoms with van der Waals surface area (Å²) in [5.74, 6) is 0. The van der Waals surface area contributed by atoms with Gasteiger partial charge in [-0.25, -0.2) is 0 Å². The number of hydrogen-bond acceptors (Lipinski definition) is 0. The monoisotopic (exact) mass is 238 g/mol. The van der Waals surface area contributed by atoms with E-state index in [4.69, 9.17) is 0 Å². The van der Waals surface area contributed by atoms with Crippen molar-refractivity contribution < 1.29 is 0 Å². The van der Waals surface area contributed by atoms with Crippen LogP contribution in [0.2, 0.25) is 0 Å². The molecule has 0 aliphatic heterocycles. The van der Waals surface area contributed by atoms with Crippen molar-refractivity contribution in [2.75, 3.05) is 0 Å². The highest BCUT2D eigenvalue weighted by Crippen LogP contribution is 2.16. The Morgan fingerprint density at radius 2 is 2.00 bits per heavy atom. The van der Waals surface area contributed by atoms with E-state index in [2.05, 4.69) is 31.9 Å². The second-order valence-electron chi connectivity index (χ2n) is 1.43. The molecular weight excluding hydrogens is 232 g/mol. The Hall–Kier alpha value is 0.440. The summed E-state index contributed by atoms with van der Waals surface area (Å²) in [6.45, 7) is 4.02. The van der Waals surface area contributed by atoms with Gasteiger partial charge in [0.05, 0.1) is 0 Å². The molecule has 0 unspecified atom stereocenters. The molecule has 0 N–H and O–H groups in total. The molecule has 0 aliphatic rings. The first-order chi connectivity index (χ1) is 3.72. The van der Waals surface area contributed by atoms with Gasteiger partial charge in [-0.15, -0.1) is 0 Å². The van der Waals surface area contributed by atoms with E-state index >= 15 is 0 Å². The molecule has 0 heterocycles. The van der Waals surface area contributed by atoms with Crippen LogP contribution in [0.3, 0.4) is 0 Å². The Kier molecular flexibility index (Phi) is 4.57. The van der Waals surface area contributed by atoms with Gasteiger partial charge >= 0.3 is 0 Å². The SMILES string of the molecule is C/C=C(Br)/C(C)=C/Br. The molecule has 0 saturated heterocycles. The molecular formula is C6H8Br2. The average Bonchev–Trinajstić information content (AvgIpc) is 1.84. The lowest BCUT2D eigenvalue weighted by molar-refractivity contribution is 1.51. The highest BCUT2D eigenvalue weighted by atomic mass is 79.9. The normalized spacial score (nSPS) is 14.5. The largest absolute Gasteiger partial charge is 0.0731 e. The van der Waals surface area contributed by atoms with Crippen LogP contribution >= 0.6 is 31.9 Å². The second kappa shape index (κ2) is 4.33. The van der Waals surface area contributed by atoms with Crippen LogP contribution in [0, 0.1) is 0 Å². The standard InChI is InChI=1S/C6H8Br2/c1-3-6(8)5(2)4-7/h3-4H,1-2H3/b5-4+,6-3-. The topological polar surface area (TPSA) is 0 Å². The summed E-state index contributed by atoms with van der Waals surface area (Å²) < 4.78 is 1.13. The van der Waals surface area contributed by atoms with Crippen LogP contribution in [-0.2, 0) is 0 Å². The summed E-state index contributed by atoms with van der Waals surface area (Å²) in [7, 11) is 0. The van der Waals surface area contributed by atoms with Crippen LogP contribution in [0.4, 0.5) is 0 Å². The van der Waals surface area contributed by atoms with Crippen LogP contribution in [0.1, 0.15) is 13.8 Å². The lowest BCUT2D eigenvalue weighted by Gasteiger charge is -1.91. The maximum atomic E-state index is 3.37. The fourth-order valence-electron chi connectivity index (χ4n) is 0.280. The van der Waals surface area contributed by atoms with Crippen molar-refractivity contribution in [1.29, 1.82) is 0 Å². The quantitative estimate of drug-likeness (QED) is 0.614. The average molecular weight is 240 g/mol.